The van der Waals surface area contributed by atoms with Gasteiger partial charge in [0.25, 0.3) is 0 Å². The predicted octanol–water partition coefficient (Wildman–Crippen LogP) is 1.45. The number of carbonyl (C=O) groups excluding carboxylic acids is 3. The number of ketones is 1. The highest BCUT2D eigenvalue weighted by Crippen LogP contribution is 2.62. The van der Waals surface area contributed by atoms with Crippen LogP contribution in [-0.4, -0.2) is 63.0 Å². The highest BCUT2D eigenvalue weighted by Gasteiger charge is 2.77. The standard InChI is InChI=1S/C22H22O9/c1-11(23)30-18-14(26-2)7-12(8-15(18)27-3)6-13-17(24)16-9-21-4-5-28-19(13)22(21,31-16)10-29-20(21)25/h6-8,16,19H,4-5,9-10H2,1-3H3/b13-6-/t16-,19+,21-,22-/m1/s1. The third-order valence-corrected chi connectivity index (χ3v) is 6.65. The highest BCUT2D eigenvalue weighted by atomic mass is 16.6. The van der Waals surface area contributed by atoms with E-state index in [1.807, 2.05) is 0 Å². The Hall–Kier alpha value is -2.91. The molecule has 5 rings (SSSR count). The molecule has 4 aliphatic rings. The summed E-state index contributed by atoms with van der Waals surface area (Å²) in [5, 5.41) is 0. The summed E-state index contributed by atoms with van der Waals surface area (Å²) in [6, 6.07) is 3.28. The summed E-state index contributed by atoms with van der Waals surface area (Å²) in [6.07, 6.45) is 1.04. The quantitative estimate of drug-likeness (QED) is 0.399. The molecule has 4 atom stereocenters. The van der Waals surface area contributed by atoms with E-state index in [1.54, 1.807) is 18.2 Å². The van der Waals surface area contributed by atoms with Gasteiger partial charge in [-0.05, 0) is 30.2 Å². The second-order valence-corrected chi connectivity index (χ2v) is 8.17. The van der Waals surface area contributed by atoms with Crippen molar-refractivity contribution in [3.8, 4) is 17.2 Å². The maximum absolute atomic E-state index is 13.2. The molecule has 0 aliphatic carbocycles. The lowest BCUT2D eigenvalue weighted by atomic mass is 9.67. The zero-order valence-corrected chi connectivity index (χ0v) is 17.4. The first-order chi connectivity index (χ1) is 14.8. The van der Waals surface area contributed by atoms with Crippen LogP contribution in [0.5, 0.6) is 17.2 Å². The molecule has 0 aromatic heterocycles. The molecule has 9 heteroatoms. The van der Waals surface area contributed by atoms with Gasteiger partial charge in [-0.25, -0.2) is 0 Å². The number of benzene rings is 1. The SMILES string of the molecule is COc1cc(/C=C2/C(=O)[C@H]3C[C@@]45CCO[C@@H]2[C@@]4(COC5=O)O3)cc(OC)c1OC(C)=O. The van der Waals surface area contributed by atoms with Crippen LogP contribution in [0.1, 0.15) is 25.3 Å². The van der Waals surface area contributed by atoms with Crippen molar-refractivity contribution in [2.75, 3.05) is 27.4 Å². The normalized spacial score (nSPS) is 34.4. The minimum atomic E-state index is -0.988. The van der Waals surface area contributed by atoms with Crippen LogP contribution in [0.25, 0.3) is 6.08 Å². The first-order valence-corrected chi connectivity index (χ1v) is 10.0. The number of hydrogen-bond acceptors (Lipinski definition) is 9. The molecule has 0 unspecified atom stereocenters. The lowest BCUT2D eigenvalue weighted by molar-refractivity contribution is -0.197. The largest absolute Gasteiger partial charge is 0.493 e. The number of ether oxygens (including phenoxy) is 6. The second kappa shape index (κ2) is 6.80. The molecular formula is C22H22O9. The van der Waals surface area contributed by atoms with E-state index < -0.39 is 29.2 Å². The Morgan fingerprint density at radius 3 is 2.55 bits per heavy atom. The monoisotopic (exact) mass is 430 g/mol. The summed E-state index contributed by atoms with van der Waals surface area (Å²) in [5.74, 6) is -0.330. The molecule has 0 amide bonds. The molecule has 31 heavy (non-hydrogen) atoms. The molecular weight excluding hydrogens is 408 g/mol. The van der Waals surface area contributed by atoms with Gasteiger partial charge in [-0.1, -0.05) is 0 Å². The molecule has 1 aromatic rings. The Balaban J connectivity index is 1.61. The van der Waals surface area contributed by atoms with E-state index in [9.17, 15) is 14.4 Å². The van der Waals surface area contributed by atoms with Gasteiger partial charge in [-0.2, -0.15) is 0 Å². The molecule has 1 aromatic carbocycles. The Morgan fingerprint density at radius 1 is 1.19 bits per heavy atom. The Morgan fingerprint density at radius 2 is 1.90 bits per heavy atom. The number of rotatable bonds is 4. The van der Waals surface area contributed by atoms with Crippen LogP contribution < -0.4 is 14.2 Å². The minimum absolute atomic E-state index is 0.0651. The fourth-order valence-corrected chi connectivity index (χ4v) is 5.28. The topological polar surface area (TPSA) is 107 Å². The van der Waals surface area contributed by atoms with Gasteiger partial charge in [0.1, 0.15) is 29.8 Å². The first kappa shape index (κ1) is 20.0. The molecule has 0 N–H and O–H groups in total. The van der Waals surface area contributed by atoms with Crippen LogP contribution in [0.4, 0.5) is 0 Å². The average Bonchev–Trinajstić information content (AvgIpc) is 3.24. The number of esters is 2. The van der Waals surface area contributed by atoms with Crippen LogP contribution >= 0.6 is 0 Å². The molecule has 4 aliphatic heterocycles. The average molecular weight is 430 g/mol. The van der Waals surface area contributed by atoms with Crippen molar-refractivity contribution in [2.45, 2.75) is 37.6 Å². The summed E-state index contributed by atoms with van der Waals surface area (Å²) in [5.41, 5.74) is -0.824. The number of fused-ring (bicyclic) bond motifs is 1. The molecule has 1 spiro atoms. The van der Waals surface area contributed by atoms with Crippen LogP contribution in [0, 0.1) is 5.41 Å². The Kier molecular flexibility index (Phi) is 4.39. The van der Waals surface area contributed by atoms with Crippen LogP contribution in [0.15, 0.2) is 17.7 Å². The molecule has 4 heterocycles. The van der Waals surface area contributed by atoms with Gasteiger partial charge in [0.15, 0.2) is 17.3 Å². The number of Topliss-reactive ketones (excluding diaryl/α,β-unsaturated/α-hetero) is 1. The van der Waals surface area contributed by atoms with E-state index in [1.165, 1.54) is 21.1 Å². The predicted molar refractivity (Wildman–Crippen MR) is 104 cm³/mol. The Bertz CT molecular complexity index is 1000. The maximum atomic E-state index is 13.2. The van der Waals surface area contributed by atoms with Crippen molar-refractivity contribution in [2.24, 2.45) is 5.41 Å². The number of hydrogen-bond donors (Lipinski definition) is 0. The third-order valence-electron chi connectivity index (χ3n) is 6.65. The van der Waals surface area contributed by atoms with Gasteiger partial charge in [0, 0.05) is 25.5 Å². The fraction of sp³-hybridized carbons (Fsp3) is 0.500. The van der Waals surface area contributed by atoms with E-state index in [2.05, 4.69) is 0 Å². The summed E-state index contributed by atoms with van der Waals surface area (Å²) in [4.78, 5) is 37.3. The molecule has 164 valence electrons. The molecule has 4 saturated heterocycles. The summed E-state index contributed by atoms with van der Waals surface area (Å²) in [6.45, 7) is 1.68. The molecule has 0 saturated carbocycles. The van der Waals surface area contributed by atoms with Crippen molar-refractivity contribution in [1.29, 1.82) is 0 Å². The zero-order valence-electron chi connectivity index (χ0n) is 17.4. The van der Waals surface area contributed by atoms with E-state index in [-0.39, 0.29) is 35.6 Å². The fourth-order valence-electron chi connectivity index (χ4n) is 5.28. The van der Waals surface area contributed by atoms with E-state index >= 15 is 0 Å². The first-order valence-electron chi connectivity index (χ1n) is 10.0. The summed E-state index contributed by atoms with van der Waals surface area (Å²) in [7, 11) is 2.88. The minimum Gasteiger partial charge on any atom is -0.493 e. The molecule has 0 radical (unpaired) electrons. The molecule has 9 nitrogen and oxygen atoms in total. The number of cyclic esters (lactones) is 1. The van der Waals surface area contributed by atoms with Crippen LogP contribution in [0.2, 0.25) is 0 Å². The lowest BCUT2D eigenvalue weighted by Crippen LogP contribution is -2.62. The van der Waals surface area contributed by atoms with Gasteiger partial charge in [-0.15, -0.1) is 0 Å². The lowest BCUT2D eigenvalue weighted by Gasteiger charge is -2.46. The van der Waals surface area contributed by atoms with Gasteiger partial charge in [-0.3, -0.25) is 14.4 Å². The van der Waals surface area contributed by atoms with Gasteiger partial charge >= 0.3 is 11.9 Å². The number of carbonyl (C=O) groups is 3. The molecule has 2 bridgehead atoms. The van der Waals surface area contributed by atoms with Gasteiger partial charge in [0.05, 0.1) is 14.2 Å². The summed E-state index contributed by atoms with van der Waals surface area (Å²) < 4.78 is 33.5. The van der Waals surface area contributed by atoms with E-state index in [0.717, 1.165) is 0 Å². The number of methoxy groups -OCH3 is 2. The van der Waals surface area contributed by atoms with Crippen molar-refractivity contribution < 1.29 is 42.8 Å². The third kappa shape index (κ3) is 2.59. The smallest absolute Gasteiger partial charge is 0.315 e. The van der Waals surface area contributed by atoms with Gasteiger partial charge in [0.2, 0.25) is 5.75 Å². The zero-order chi connectivity index (χ0) is 22.0. The summed E-state index contributed by atoms with van der Waals surface area (Å²) >= 11 is 0. The van der Waals surface area contributed by atoms with E-state index in [0.29, 0.717) is 30.6 Å². The van der Waals surface area contributed by atoms with Crippen molar-refractivity contribution in [3.05, 3.63) is 23.3 Å². The maximum Gasteiger partial charge on any atom is 0.315 e. The van der Waals surface area contributed by atoms with Gasteiger partial charge < -0.3 is 28.4 Å². The second-order valence-electron chi connectivity index (χ2n) is 8.17. The van der Waals surface area contributed by atoms with E-state index in [4.69, 9.17) is 28.4 Å². The highest BCUT2D eigenvalue weighted by molar-refractivity contribution is 6.06. The van der Waals surface area contributed by atoms with Crippen molar-refractivity contribution in [3.63, 3.8) is 0 Å². The molecule has 4 fully saturated rings. The van der Waals surface area contributed by atoms with Crippen molar-refractivity contribution in [1.82, 2.24) is 0 Å². The Labute approximate surface area is 178 Å². The van der Waals surface area contributed by atoms with Crippen LogP contribution in [-0.2, 0) is 28.6 Å². The van der Waals surface area contributed by atoms with Crippen molar-refractivity contribution >= 4 is 23.8 Å². The van der Waals surface area contributed by atoms with Crippen LogP contribution in [0.3, 0.4) is 0 Å².